The minimum Gasteiger partial charge on any atom is -0.308 e. The largest absolute Gasteiger partial charge is 0.308 e. The molecule has 0 saturated carbocycles. The Balaban J connectivity index is 2.59. The van der Waals surface area contributed by atoms with Crippen molar-refractivity contribution in [2.45, 2.75) is 6.92 Å². The molecule has 2 N–H and O–H groups in total. The Morgan fingerprint density at radius 1 is 1.50 bits per heavy atom. The Bertz CT molecular complexity index is 598. The summed E-state index contributed by atoms with van der Waals surface area (Å²) in [4.78, 5) is 11.7. The quantitative estimate of drug-likeness (QED) is 0.770. The van der Waals surface area contributed by atoms with Crippen LogP contribution in [0.15, 0.2) is 29.2 Å². The maximum absolute atomic E-state index is 11.7. The number of rotatable bonds is 2. The van der Waals surface area contributed by atoms with E-state index in [1.807, 2.05) is 13.0 Å². The number of nitrogens with one attached hydrogen (secondary N) is 2. The Morgan fingerprint density at radius 2 is 2.25 bits per heavy atom. The molecule has 0 aliphatic rings. The van der Waals surface area contributed by atoms with Gasteiger partial charge in [0.15, 0.2) is 0 Å². The Hall–Kier alpha value is -1.81. The summed E-state index contributed by atoms with van der Waals surface area (Å²) in [5.74, 6) is 0. The summed E-state index contributed by atoms with van der Waals surface area (Å²) in [5.41, 5.74) is 1.70. The van der Waals surface area contributed by atoms with Crippen molar-refractivity contribution >= 4 is 17.8 Å². The fraction of sp³-hybridized carbons (Fsp3) is 0.0909. The first-order valence-corrected chi connectivity index (χ1v) is 5.08. The summed E-state index contributed by atoms with van der Waals surface area (Å²) in [6.07, 6.45) is 2.53. The summed E-state index contributed by atoms with van der Waals surface area (Å²) in [6.45, 7) is 1.87. The van der Waals surface area contributed by atoms with Gasteiger partial charge in [0.1, 0.15) is 0 Å². The predicted octanol–water partition coefficient (Wildman–Crippen LogP) is 2.13. The molecule has 0 radical (unpaired) electrons. The van der Waals surface area contributed by atoms with Gasteiger partial charge in [0.2, 0.25) is 0 Å². The molecule has 4 nitrogen and oxygen atoms in total. The van der Waals surface area contributed by atoms with Crippen molar-refractivity contribution < 1.29 is 0 Å². The summed E-state index contributed by atoms with van der Waals surface area (Å²) < 4.78 is 1.38. The second-order valence-corrected chi connectivity index (χ2v) is 3.85. The first-order chi connectivity index (χ1) is 7.63. The van der Waals surface area contributed by atoms with Gasteiger partial charge in [0, 0.05) is 17.4 Å². The summed E-state index contributed by atoms with van der Waals surface area (Å²) in [5, 5.41) is 10.5. The number of hydrogen-bond donors (Lipinski definition) is 2. The van der Waals surface area contributed by atoms with Crippen molar-refractivity contribution in [2.24, 2.45) is 0 Å². The van der Waals surface area contributed by atoms with Gasteiger partial charge in [-0.05, 0) is 30.7 Å². The van der Waals surface area contributed by atoms with Crippen molar-refractivity contribution in [3.05, 3.63) is 50.9 Å². The van der Waals surface area contributed by atoms with Crippen molar-refractivity contribution in [1.29, 1.82) is 5.41 Å². The van der Waals surface area contributed by atoms with Gasteiger partial charge in [-0.15, -0.1) is 0 Å². The SMILES string of the molecule is Cc1cc(-n2[nH]cc(C=N)c2=O)ccc1Cl. The molecule has 0 unspecified atom stereocenters. The van der Waals surface area contributed by atoms with Crippen LogP contribution in [-0.2, 0) is 0 Å². The number of aryl methyl sites for hydroxylation is 1. The Kier molecular flexibility index (Phi) is 2.66. The van der Waals surface area contributed by atoms with Crippen LogP contribution in [0.25, 0.3) is 5.69 Å². The summed E-state index contributed by atoms with van der Waals surface area (Å²) in [7, 11) is 0. The number of hydrogen-bond acceptors (Lipinski definition) is 2. The van der Waals surface area contributed by atoms with Gasteiger partial charge in [-0.2, -0.15) is 0 Å². The van der Waals surface area contributed by atoms with Gasteiger partial charge in [-0.1, -0.05) is 11.6 Å². The van der Waals surface area contributed by atoms with Gasteiger partial charge in [-0.25, -0.2) is 4.68 Å². The molecule has 0 spiro atoms. The van der Waals surface area contributed by atoms with Gasteiger partial charge < -0.3 is 5.41 Å². The first kappa shape index (κ1) is 10.7. The highest BCUT2D eigenvalue weighted by Gasteiger charge is 2.06. The third kappa shape index (κ3) is 1.67. The molecule has 0 atom stereocenters. The van der Waals surface area contributed by atoms with Crippen molar-refractivity contribution in [3.8, 4) is 5.69 Å². The van der Waals surface area contributed by atoms with E-state index in [2.05, 4.69) is 5.10 Å². The second kappa shape index (κ2) is 3.98. The monoisotopic (exact) mass is 235 g/mol. The molecule has 0 aliphatic carbocycles. The van der Waals surface area contributed by atoms with Crippen LogP contribution >= 0.6 is 11.6 Å². The lowest BCUT2D eigenvalue weighted by Gasteiger charge is -2.03. The lowest BCUT2D eigenvalue weighted by molar-refractivity contribution is 0.848. The van der Waals surface area contributed by atoms with Gasteiger partial charge in [0.25, 0.3) is 5.56 Å². The molecule has 0 saturated heterocycles. The molecule has 1 aromatic carbocycles. The highest BCUT2D eigenvalue weighted by molar-refractivity contribution is 6.31. The number of aromatic nitrogens is 2. The molecule has 2 rings (SSSR count). The first-order valence-electron chi connectivity index (χ1n) is 4.71. The van der Waals surface area contributed by atoms with Crippen molar-refractivity contribution in [2.75, 3.05) is 0 Å². The van der Waals surface area contributed by atoms with Crippen LogP contribution in [-0.4, -0.2) is 16.0 Å². The highest BCUT2D eigenvalue weighted by Crippen LogP contribution is 2.17. The van der Waals surface area contributed by atoms with Crippen LogP contribution in [0.5, 0.6) is 0 Å². The number of halogens is 1. The van der Waals surface area contributed by atoms with Crippen LogP contribution in [0.2, 0.25) is 5.02 Å². The van der Waals surface area contributed by atoms with E-state index < -0.39 is 0 Å². The van der Waals surface area contributed by atoms with Crippen LogP contribution in [0, 0.1) is 12.3 Å². The molecule has 82 valence electrons. The smallest absolute Gasteiger partial charge is 0.279 e. The van der Waals surface area contributed by atoms with E-state index in [-0.39, 0.29) is 5.56 Å². The second-order valence-electron chi connectivity index (χ2n) is 3.45. The standard InChI is InChI=1S/C11H10ClN3O/c1-7-4-9(2-3-10(7)12)15-11(16)8(5-13)6-14-15/h2-6,13-14H,1H3. The maximum Gasteiger partial charge on any atom is 0.279 e. The average molecular weight is 236 g/mol. The third-order valence-corrected chi connectivity index (χ3v) is 2.78. The van der Waals surface area contributed by atoms with E-state index in [4.69, 9.17) is 17.0 Å². The normalized spacial score (nSPS) is 10.4. The van der Waals surface area contributed by atoms with Gasteiger partial charge in [-0.3, -0.25) is 9.89 Å². The number of nitrogens with zero attached hydrogens (tertiary/aromatic N) is 1. The number of H-pyrrole nitrogens is 1. The molecular formula is C11H10ClN3O. The van der Waals surface area contributed by atoms with Crippen LogP contribution in [0.3, 0.4) is 0 Å². The molecule has 5 heteroatoms. The summed E-state index contributed by atoms with van der Waals surface area (Å²) >= 11 is 5.91. The zero-order valence-corrected chi connectivity index (χ0v) is 9.38. The number of aromatic amines is 1. The molecule has 2 aromatic rings. The average Bonchev–Trinajstić information content (AvgIpc) is 2.64. The predicted molar refractivity (Wildman–Crippen MR) is 64.0 cm³/mol. The zero-order chi connectivity index (χ0) is 11.7. The van der Waals surface area contributed by atoms with E-state index >= 15 is 0 Å². The van der Waals surface area contributed by atoms with E-state index in [1.165, 1.54) is 10.9 Å². The number of benzene rings is 1. The molecule has 0 fully saturated rings. The molecule has 16 heavy (non-hydrogen) atoms. The topological polar surface area (TPSA) is 61.6 Å². The van der Waals surface area contributed by atoms with Crippen LogP contribution in [0.4, 0.5) is 0 Å². The van der Waals surface area contributed by atoms with Crippen molar-refractivity contribution in [3.63, 3.8) is 0 Å². The Morgan fingerprint density at radius 3 is 2.81 bits per heavy atom. The molecule has 0 aliphatic heterocycles. The molecule has 1 heterocycles. The van der Waals surface area contributed by atoms with Crippen molar-refractivity contribution in [1.82, 2.24) is 9.78 Å². The summed E-state index contributed by atoms with van der Waals surface area (Å²) in [6, 6.07) is 5.30. The maximum atomic E-state index is 11.7. The third-order valence-electron chi connectivity index (χ3n) is 2.35. The molecule has 1 aromatic heterocycles. The fourth-order valence-corrected chi connectivity index (χ4v) is 1.56. The molecule has 0 amide bonds. The minimum atomic E-state index is -0.239. The highest BCUT2D eigenvalue weighted by atomic mass is 35.5. The van der Waals surface area contributed by atoms with E-state index in [0.29, 0.717) is 16.3 Å². The lowest BCUT2D eigenvalue weighted by atomic mass is 10.2. The Labute approximate surface area is 97.0 Å². The lowest BCUT2D eigenvalue weighted by Crippen LogP contribution is -2.17. The fourth-order valence-electron chi connectivity index (χ4n) is 1.45. The van der Waals surface area contributed by atoms with Gasteiger partial charge >= 0.3 is 0 Å². The van der Waals surface area contributed by atoms with Crippen LogP contribution in [0.1, 0.15) is 11.1 Å². The van der Waals surface area contributed by atoms with Gasteiger partial charge in [0.05, 0.1) is 11.3 Å². The van der Waals surface area contributed by atoms with E-state index in [0.717, 1.165) is 11.8 Å². The van der Waals surface area contributed by atoms with E-state index in [1.54, 1.807) is 12.1 Å². The van der Waals surface area contributed by atoms with E-state index in [9.17, 15) is 4.79 Å². The minimum absolute atomic E-state index is 0.239. The molecular weight excluding hydrogens is 226 g/mol. The van der Waals surface area contributed by atoms with Crippen LogP contribution < -0.4 is 5.56 Å². The zero-order valence-electron chi connectivity index (χ0n) is 8.62. The molecule has 0 bridgehead atoms.